The lowest BCUT2D eigenvalue weighted by Gasteiger charge is -2.41. The molecule has 21 heavy (non-hydrogen) atoms. The van der Waals surface area contributed by atoms with E-state index in [4.69, 9.17) is 14.2 Å². The fraction of sp³-hybridized carbons (Fsp3) is 0.562. The Balaban J connectivity index is 2.38. The molecular weight excluding hydrogens is 268 g/mol. The molecule has 0 spiro atoms. The number of rotatable bonds is 6. The van der Waals surface area contributed by atoms with E-state index < -0.39 is 5.60 Å². The normalized spacial score (nSPS) is 16.8. The van der Waals surface area contributed by atoms with Crippen molar-refractivity contribution in [1.29, 1.82) is 0 Å². The monoisotopic (exact) mass is 292 g/mol. The molecule has 1 aromatic rings. The summed E-state index contributed by atoms with van der Waals surface area (Å²) in [6.45, 7) is 6.16. The Morgan fingerprint density at radius 1 is 1.38 bits per heavy atom. The molecule has 5 heteroatoms. The Labute approximate surface area is 126 Å². The van der Waals surface area contributed by atoms with Crippen LogP contribution in [-0.2, 0) is 15.1 Å². The largest absolute Gasteiger partial charge is 0.496 e. The van der Waals surface area contributed by atoms with Crippen LogP contribution < -0.4 is 4.74 Å². The van der Waals surface area contributed by atoms with Crippen LogP contribution in [0.25, 0.3) is 0 Å². The predicted molar refractivity (Wildman–Crippen MR) is 83.7 cm³/mol. The molecular formula is C16H24N2O3. The molecule has 0 unspecified atom stereocenters. The zero-order valence-corrected chi connectivity index (χ0v) is 13.5. The van der Waals surface area contributed by atoms with E-state index >= 15 is 0 Å². The number of aliphatic imine (C=N–C) groups is 1. The van der Waals surface area contributed by atoms with Crippen molar-refractivity contribution in [3.63, 3.8) is 0 Å². The van der Waals surface area contributed by atoms with E-state index in [9.17, 15) is 0 Å². The van der Waals surface area contributed by atoms with E-state index in [2.05, 4.69) is 18.0 Å². The summed E-state index contributed by atoms with van der Waals surface area (Å²) >= 11 is 0. The van der Waals surface area contributed by atoms with Gasteiger partial charge >= 0.3 is 0 Å². The van der Waals surface area contributed by atoms with Crippen molar-refractivity contribution in [2.24, 2.45) is 4.99 Å². The second-order valence-electron chi connectivity index (χ2n) is 5.35. The Bertz CT molecular complexity index is 519. The minimum Gasteiger partial charge on any atom is -0.496 e. The number of hydrogen-bond acceptors (Lipinski definition) is 4. The molecule has 0 bridgehead atoms. The van der Waals surface area contributed by atoms with Gasteiger partial charge in [-0.1, -0.05) is 0 Å². The molecule has 0 aliphatic carbocycles. The van der Waals surface area contributed by atoms with Crippen molar-refractivity contribution < 1.29 is 14.2 Å². The van der Waals surface area contributed by atoms with Crippen LogP contribution >= 0.6 is 0 Å². The van der Waals surface area contributed by atoms with Crippen LogP contribution in [0.15, 0.2) is 17.1 Å². The van der Waals surface area contributed by atoms with E-state index in [1.165, 1.54) is 0 Å². The summed E-state index contributed by atoms with van der Waals surface area (Å²) in [5.74, 6) is 0.789. The van der Waals surface area contributed by atoms with Gasteiger partial charge in [0, 0.05) is 32.3 Å². The predicted octanol–water partition coefficient (Wildman–Crippen LogP) is 2.49. The highest BCUT2D eigenvalue weighted by Gasteiger charge is 2.43. The molecule has 1 fully saturated rings. The van der Waals surface area contributed by atoms with Gasteiger partial charge in [-0.15, -0.1) is 0 Å². The molecule has 1 aliphatic heterocycles. The van der Waals surface area contributed by atoms with Crippen LogP contribution in [0.3, 0.4) is 0 Å². The molecule has 1 heterocycles. The SMILES string of the molecule is CCN(C)C=Nc1cc(OC)c(C2(OC)COC2)cc1C. The van der Waals surface area contributed by atoms with Gasteiger partial charge in [-0.2, -0.15) is 0 Å². The molecule has 1 saturated heterocycles. The summed E-state index contributed by atoms with van der Waals surface area (Å²) in [4.78, 5) is 6.55. The van der Waals surface area contributed by atoms with Crippen LogP contribution in [0.5, 0.6) is 5.75 Å². The first-order valence-electron chi connectivity index (χ1n) is 7.12. The molecule has 0 aromatic heterocycles. The maximum absolute atomic E-state index is 5.66. The second kappa shape index (κ2) is 6.45. The van der Waals surface area contributed by atoms with Gasteiger partial charge in [0.25, 0.3) is 0 Å². The Morgan fingerprint density at radius 3 is 2.57 bits per heavy atom. The maximum atomic E-state index is 5.66. The van der Waals surface area contributed by atoms with Gasteiger partial charge in [0.05, 0.1) is 32.3 Å². The van der Waals surface area contributed by atoms with E-state index in [1.54, 1.807) is 14.2 Å². The van der Waals surface area contributed by atoms with Gasteiger partial charge in [0.1, 0.15) is 11.4 Å². The summed E-state index contributed by atoms with van der Waals surface area (Å²) in [7, 11) is 5.37. The fourth-order valence-corrected chi connectivity index (χ4v) is 2.25. The van der Waals surface area contributed by atoms with E-state index in [0.29, 0.717) is 13.2 Å². The third-order valence-electron chi connectivity index (χ3n) is 3.96. The van der Waals surface area contributed by atoms with Crippen LogP contribution in [0.1, 0.15) is 18.1 Å². The Morgan fingerprint density at radius 2 is 2.10 bits per heavy atom. The number of hydrogen-bond donors (Lipinski definition) is 0. The maximum Gasteiger partial charge on any atom is 0.143 e. The van der Waals surface area contributed by atoms with Gasteiger partial charge in [-0.25, -0.2) is 4.99 Å². The number of aryl methyl sites for hydroxylation is 1. The average molecular weight is 292 g/mol. The molecule has 0 radical (unpaired) electrons. The fourth-order valence-electron chi connectivity index (χ4n) is 2.25. The zero-order valence-electron chi connectivity index (χ0n) is 13.5. The highest BCUT2D eigenvalue weighted by Crippen LogP contribution is 2.41. The third kappa shape index (κ3) is 3.04. The zero-order chi connectivity index (χ0) is 15.5. The number of nitrogens with zero attached hydrogens (tertiary/aromatic N) is 2. The van der Waals surface area contributed by atoms with E-state index in [0.717, 1.165) is 29.1 Å². The van der Waals surface area contributed by atoms with Gasteiger partial charge in [0.2, 0.25) is 0 Å². The highest BCUT2D eigenvalue weighted by molar-refractivity contribution is 5.65. The lowest BCUT2D eigenvalue weighted by atomic mass is 9.89. The lowest BCUT2D eigenvalue weighted by Crippen LogP contribution is -2.48. The van der Waals surface area contributed by atoms with Crippen LogP contribution in [0.2, 0.25) is 0 Å². The molecule has 5 nitrogen and oxygen atoms in total. The summed E-state index contributed by atoms with van der Waals surface area (Å²) in [5, 5.41) is 0. The molecule has 1 aromatic carbocycles. The summed E-state index contributed by atoms with van der Waals surface area (Å²) in [5.41, 5.74) is 2.63. The first kappa shape index (κ1) is 15.8. The molecule has 1 aliphatic rings. The molecule has 116 valence electrons. The van der Waals surface area contributed by atoms with Gasteiger partial charge in [0.15, 0.2) is 0 Å². The van der Waals surface area contributed by atoms with Crippen LogP contribution in [0, 0.1) is 6.92 Å². The quantitative estimate of drug-likeness (QED) is 0.597. The first-order chi connectivity index (χ1) is 10.1. The smallest absolute Gasteiger partial charge is 0.143 e. The highest BCUT2D eigenvalue weighted by atomic mass is 16.6. The Kier molecular flexibility index (Phi) is 4.85. The molecule has 0 atom stereocenters. The number of ether oxygens (including phenoxy) is 3. The van der Waals surface area contributed by atoms with Crippen molar-refractivity contribution in [3.05, 3.63) is 23.3 Å². The molecule has 0 saturated carbocycles. The molecule has 2 rings (SSSR count). The first-order valence-corrected chi connectivity index (χ1v) is 7.12. The standard InChI is InChI=1S/C16H24N2O3/c1-6-18(3)11-17-14-8-15(19-4)13(7-12(14)2)16(20-5)9-21-10-16/h7-8,11H,6,9-10H2,1-5H3. The summed E-state index contributed by atoms with van der Waals surface area (Å²) in [6, 6.07) is 4.05. The number of benzene rings is 1. The molecule has 0 N–H and O–H groups in total. The van der Waals surface area contributed by atoms with Crippen molar-refractivity contribution in [1.82, 2.24) is 4.90 Å². The van der Waals surface area contributed by atoms with Crippen LogP contribution in [0.4, 0.5) is 5.69 Å². The van der Waals surface area contributed by atoms with Crippen molar-refractivity contribution in [2.75, 3.05) is 41.0 Å². The summed E-state index contributed by atoms with van der Waals surface area (Å²) < 4.78 is 16.5. The van der Waals surface area contributed by atoms with Gasteiger partial charge in [-0.3, -0.25) is 0 Å². The second-order valence-corrected chi connectivity index (χ2v) is 5.35. The molecule has 0 amide bonds. The minimum atomic E-state index is -0.390. The summed E-state index contributed by atoms with van der Waals surface area (Å²) in [6.07, 6.45) is 1.83. The lowest BCUT2D eigenvalue weighted by molar-refractivity contribution is -0.203. The van der Waals surface area contributed by atoms with Crippen molar-refractivity contribution in [2.45, 2.75) is 19.4 Å². The minimum absolute atomic E-state index is 0.390. The van der Waals surface area contributed by atoms with Gasteiger partial charge in [-0.05, 0) is 25.5 Å². The number of methoxy groups -OCH3 is 2. The van der Waals surface area contributed by atoms with E-state index in [1.807, 2.05) is 31.3 Å². The Hall–Kier alpha value is -1.59. The van der Waals surface area contributed by atoms with Gasteiger partial charge < -0.3 is 19.1 Å². The van der Waals surface area contributed by atoms with Crippen LogP contribution in [-0.4, -0.2) is 52.3 Å². The average Bonchev–Trinajstić information content (AvgIpc) is 2.45. The third-order valence-corrected chi connectivity index (χ3v) is 3.96. The van der Waals surface area contributed by atoms with Crippen molar-refractivity contribution in [3.8, 4) is 5.75 Å². The topological polar surface area (TPSA) is 43.3 Å². The van der Waals surface area contributed by atoms with Crippen molar-refractivity contribution >= 4 is 12.0 Å². The van der Waals surface area contributed by atoms with E-state index in [-0.39, 0.29) is 0 Å².